The Bertz CT molecular complexity index is 336. The molecule has 0 radical (unpaired) electrons. The van der Waals surface area contributed by atoms with Crippen molar-refractivity contribution in [1.29, 1.82) is 0 Å². The third kappa shape index (κ3) is 3.13. The van der Waals surface area contributed by atoms with E-state index in [9.17, 15) is 8.78 Å². The summed E-state index contributed by atoms with van der Waals surface area (Å²) in [7, 11) is 0. The van der Waals surface area contributed by atoms with Crippen LogP contribution in [0.3, 0.4) is 0 Å². The van der Waals surface area contributed by atoms with Crippen LogP contribution in [-0.4, -0.2) is 6.54 Å². The molecular weight excluding hydrogens is 196 g/mol. The molecule has 0 fully saturated rings. The Balaban J connectivity index is 2.90. The largest absolute Gasteiger partial charge is 0.307 e. The summed E-state index contributed by atoms with van der Waals surface area (Å²) in [5, 5.41) is 3.08. The normalized spacial score (nSPS) is 12.5. The predicted octanol–water partition coefficient (Wildman–Crippen LogP) is 3.19. The summed E-state index contributed by atoms with van der Waals surface area (Å²) in [6, 6.07) is 3.11. The van der Waals surface area contributed by atoms with Gasteiger partial charge in [0.05, 0.1) is 6.04 Å². The summed E-state index contributed by atoms with van der Waals surface area (Å²) in [6.07, 6.45) is 2.51. The number of halogens is 2. The van der Waals surface area contributed by atoms with Gasteiger partial charge in [-0.3, -0.25) is 0 Å². The molecule has 15 heavy (non-hydrogen) atoms. The molecule has 1 atom stereocenters. The van der Waals surface area contributed by atoms with E-state index in [1.54, 1.807) is 6.08 Å². The van der Waals surface area contributed by atoms with Crippen molar-refractivity contribution < 1.29 is 8.78 Å². The molecule has 82 valence electrons. The first-order valence-corrected chi connectivity index (χ1v) is 5.00. The van der Waals surface area contributed by atoms with Crippen molar-refractivity contribution in [1.82, 2.24) is 5.32 Å². The molecule has 0 aliphatic heterocycles. The van der Waals surface area contributed by atoms with Gasteiger partial charge in [0.1, 0.15) is 11.6 Å². The first-order valence-electron chi connectivity index (χ1n) is 5.00. The van der Waals surface area contributed by atoms with Gasteiger partial charge in [-0.2, -0.15) is 0 Å². The molecule has 0 aliphatic carbocycles. The summed E-state index contributed by atoms with van der Waals surface area (Å²) in [6.45, 7) is 6.36. The molecule has 1 aromatic carbocycles. The van der Waals surface area contributed by atoms with Gasteiger partial charge in [0, 0.05) is 5.56 Å². The Kier molecular flexibility index (Phi) is 4.43. The van der Waals surface area contributed by atoms with Crippen LogP contribution in [0.2, 0.25) is 0 Å². The number of benzene rings is 1. The Morgan fingerprint density at radius 1 is 1.47 bits per heavy atom. The zero-order valence-electron chi connectivity index (χ0n) is 8.76. The molecule has 0 aromatic heterocycles. The SMILES string of the molecule is C=CC(NCCC)c1cc(F)ccc1F. The van der Waals surface area contributed by atoms with Crippen molar-refractivity contribution in [3.8, 4) is 0 Å². The van der Waals surface area contributed by atoms with E-state index in [-0.39, 0.29) is 6.04 Å². The van der Waals surface area contributed by atoms with Gasteiger partial charge in [-0.25, -0.2) is 8.78 Å². The molecule has 0 saturated carbocycles. The zero-order valence-corrected chi connectivity index (χ0v) is 8.76. The second-order valence-corrected chi connectivity index (χ2v) is 3.33. The van der Waals surface area contributed by atoms with Crippen molar-refractivity contribution in [2.75, 3.05) is 6.54 Å². The number of nitrogens with one attached hydrogen (secondary N) is 1. The van der Waals surface area contributed by atoms with Crippen molar-refractivity contribution in [2.24, 2.45) is 0 Å². The summed E-state index contributed by atoms with van der Waals surface area (Å²) in [4.78, 5) is 0. The highest BCUT2D eigenvalue weighted by Gasteiger charge is 2.12. The highest BCUT2D eigenvalue weighted by atomic mass is 19.1. The molecule has 0 bridgehead atoms. The average Bonchev–Trinajstić information content (AvgIpc) is 2.24. The highest BCUT2D eigenvalue weighted by Crippen LogP contribution is 2.19. The van der Waals surface area contributed by atoms with Gasteiger partial charge in [-0.1, -0.05) is 13.0 Å². The Morgan fingerprint density at radius 2 is 2.20 bits per heavy atom. The lowest BCUT2D eigenvalue weighted by molar-refractivity contribution is 0.543. The smallest absolute Gasteiger partial charge is 0.128 e. The van der Waals surface area contributed by atoms with Crippen molar-refractivity contribution in [2.45, 2.75) is 19.4 Å². The maximum atomic E-state index is 13.4. The molecule has 1 nitrogen and oxygen atoms in total. The van der Waals surface area contributed by atoms with Crippen LogP contribution in [0.15, 0.2) is 30.9 Å². The van der Waals surface area contributed by atoms with E-state index in [1.807, 2.05) is 6.92 Å². The lowest BCUT2D eigenvalue weighted by Crippen LogP contribution is -2.21. The van der Waals surface area contributed by atoms with E-state index in [4.69, 9.17) is 0 Å². The van der Waals surface area contributed by atoms with Crippen molar-refractivity contribution in [3.05, 3.63) is 48.1 Å². The zero-order chi connectivity index (χ0) is 11.3. The minimum absolute atomic E-state index is 0.304. The van der Waals surface area contributed by atoms with Crippen LogP contribution >= 0.6 is 0 Å². The van der Waals surface area contributed by atoms with Gasteiger partial charge < -0.3 is 5.32 Å². The molecule has 1 rings (SSSR count). The first kappa shape index (κ1) is 11.9. The fraction of sp³-hybridized carbons (Fsp3) is 0.333. The minimum atomic E-state index is -0.434. The van der Waals surface area contributed by atoms with Crippen LogP contribution in [0.25, 0.3) is 0 Å². The molecule has 0 saturated heterocycles. The number of hydrogen-bond acceptors (Lipinski definition) is 1. The van der Waals surface area contributed by atoms with Gasteiger partial charge in [-0.05, 0) is 31.2 Å². The third-order valence-corrected chi connectivity index (χ3v) is 2.14. The maximum absolute atomic E-state index is 13.4. The second kappa shape index (κ2) is 5.61. The Morgan fingerprint density at radius 3 is 2.80 bits per heavy atom. The average molecular weight is 211 g/mol. The van der Waals surface area contributed by atoms with Gasteiger partial charge >= 0.3 is 0 Å². The van der Waals surface area contributed by atoms with Gasteiger partial charge in [0.25, 0.3) is 0 Å². The molecule has 0 spiro atoms. The van der Waals surface area contributed by atoms with E-state index in [1.165, 1.54) is 6.07 Å². The summed E-state index contributed by atoms with van der Waals surface area (Å²) >= 11 is 0. The Hall–Kier alpha value is -1.22. The lowest BCUT2D eigenvalue weighted by atomic mass is 10.1. The van der Waals surface area contributed by atoms with Crippen LogP contribution in [0.5, 0.6) is 0 Å². The van der Waals surface area contributed by atoms with Crippen LogP contribution < -0.4 is 5.32 Å². The van der Waals surface area contributed by atoms with Crippen LogP contribution in [0.4, 0.5) is 8.78 Å². The summed E-state index contributed by atoms with van der Waals surface area (Å²) in [5.41, 5.74) is 0.304. The molecule has 1 N–H and O–H groups in total. The number of rotatable bonds is 5. The van der Waals surface area contributed by atoms with E-state index in [0.29, 0.717) is 5.56 Å². The lowest BCUT2D eigenvalue weighted by Gasteiger charge is -2.15. The standard InChI is InChI=1S/C12H15F2N/c1-3-7-15-12(4-2)10-8-9(13)5-6-11(10)14/h4-6,8,12,15H,2-3,7H2,1H3. The highest BCUT2D eigenvalue weighted by molar-refractivity contribution is 5.25. The summed E-state index contributed by atoms with van der Waals surface area (Å²) < 4.78 is 26.3. The minimum Gasteiger partial charge on any atom is -0.307 e. The third-order valence-electron chi connectivity index (χ3n) is 2.14. The molecule has 1 unspecified atom stereocenters. The molecular formula is C12H15F2N. The Labute approximate surface area is 88.8 Å². The van der Waals surface area contributed by atoms with E-state index in [0.717, 1.165) is 25.1 Å². The monoisotopic (exact) mass is 211 g/mol. The topological polar surface area (TPSA) is 12.0 Å². The van der Waals surface area contributed by atoms with E-state index < -0.39 is 11.6 Å². The predicted molar refractivity (Wildman–Crippen MR) is 57.6 cm³/mol. The van der Waals surface area contributed by atoms with Gasteiger partial charge in [0.2, 0.25) is 0 Å². The fourth-order valence-electron chi connectivity index (χ4n) is 1.37. The van der Waals surface area contributed by atoms with Crippen LogP contribution in [-0.2, 0) is 0 Å². The maximum Gasteiger partial charge on any atom is 0.128 e. The number of hydrogen-bond donors (Lipinski definition) is 1. The van der Waals surface area contributed by atoms with Crippen molar-refractivity contribution >= 4 is 0 Å². The van der Waals surface area contributed by atoms with E-state index in [2.05, 4.69) is 11.9 Å². The molecule has 3 heteroatoms. The fourth-order valence-corrected chi connectivity index (χ4v) is 1.37. The second-order valence-electron chi connectivity index (χ2n) is 3.33. The van der Waals surface area contributed by atoms with Crippen LogP contribution in [0, 0.1) is 11.6 Å². The molecule has 0 aliphatic rings. The van der Waals surface area contributed by atoms with Crippen molar-refractivity contribution in [3.63, 3.8) is 0 Å². The molecule has 0 heterocycles. The summed E-state index contributed by atoms with van der Waals surface area (Å²) in [5.74, 6) is -0.846. The first-order chi connectivity index (χ1) is 7.19. The molecule has 1 aromatic rings. The van der Waals surface area contributed by atoms with Gasteiger partial charge in [-0.15, -0.1) is 6.58 Å². The quantitative estimate of drug-likeness (QED) is 0.737. The van der Waals surface area contributed by atoms with Gasteiger partial charge in [0.15, 0.2) is 0 Å². The molecule has 0 amide bonds. The van der Waals surface area contributed by atoms with Crippen LogP contribution in [0.1, 0.15) is 24.9 Å². The van der Waals surface area contributed by atoms with E-state index >= 15 is 0 Å².